The van der Waals surface area contributed by atoms with Crippen molar-refractivity contribution >= 4 is 24.0 Å². The molecule has 0 radical (unpaired) electrons. The van der Waals surface area contributed by atoms with Crippen molar-refractivity contribution in [1.29, 1.82) is 0 Å². The van der Waals surface area contributed by atoms with Gasteiger partial charge in [-0.1, -0.05) is 51.4 Å². The highest BCUT2D eigenvalue weighted by atomic mass is 35.5. The molecule has 3 heteroatoms. The van der Waals surface area contributed by atoms with Crippen LogP contribution >= 0.6 is 24.0 Å². The van der Waals surface area contributed by atoms with Gasteiger partial charge in [0.25, 0.3) is 0 Å². The summed E-state index contributed by atoms with van der Waals surface area (Å²) in [6, 6.07) is 8.20. The van der Waals surface area contributed by atoms with E-state index in [9.17, 15) is 0 Å². The van der Waals surface area contributed by atoms with Crippen LogP contribution in [0.25, 0.3) is 0 Å². The number of nitrogens with zero attached hydrogens (tertiary/aromatic N) is 1. The lowest BCUT2D eigenvalue weighted by Crippen LogP contribution is -2.30. The van der Waals surface area contributed by atoms with Crippen LogP contribution in [-0.2, 0) is 6.54 Å². The zero-order valence-corrected chi connectivity index (χ0v) is 13.2. The third kappa shape index (κ3) is 3.20. The van der Waals surface area contributed by atoms with Crippen LogP contribution in [0.1, 0.15) is 33.3 Å². The van der Waals surface area contributed by atoms with Crippen LogP contribution in [-0.4, -0.2) is 18.0 Å². The minimum Gasteiger partial charge on any atom is -0.298 e. The zero-order chi connectivity index (χ0) is 12.7. The Morgan fingerprint density at radius 2 is 1.44 bits per heavy atom. The van der Waals surface area contributed by atoms with Crippen LogP contribution < -0.4 is 0 Å². The number of benzene rings is 1. The molecule has 0 N–H and O–H groups in total. The number of hydrogen-bond donors (Lipinski definition) is 0. The molecule has 18 heavy (non-hydrogen) atoms. The molecule has 0 aromatic heterocycles. The molecule has 1 aromatic carbocycles. The topological polar surface area (TPSA) is 3.24 Å². The molecule has 1 aliphatic rings. The second kappa shape index (κ2) is 5.40. The van der Waals surface area contributed by atoms with Gasteiger partial charge in [-0.05, 0) is 28.5 Å². The Morgan fingerprint density at radius 1 is 1.00 bits per heavy atom. The standard InChI is InChI=1S/C15H22ClN.ClH/c1-14(2)10-17(11-15(14,3)4)9-12-5-7-13(16)8-6-12;/h5-8H,9-11H2,1-4H3;1H. The monoisotopic (exact) mass is 287 g/mol. The van der Waals surface area contributed by atoms with Crippen molar-refractivity contribution in [2.45, 2.75) is 34.2 Å². The molecule has 0 bridgehead atoms. The fourth-order valence-electron chi connectivity index (χ4n) is 2.56. The van der Waals surface area contributed by atoms with Crippen LogP contribution in [0, 0.1) is 10.8 Å². The average Bonchev–Trinajstić information content (AvgIpc) is 2.39. The van der Waals surface area contributed by atoms with E-state index in [-0.39, 0.29) is 12.4 Å². The summed E-state index contributed by atoms with van der Waals surface area (Å²) in [6.45, 7) is 12.8. The maximum absolute atomic E-state index is 5.91. The van der Waals surface area contributed by atoms with Gasteiger partial charge in [0.1, 0.15) is 0 Å². The van der Waals surface area contributed by atoms with Gasteiger partial charge in [0.05, 0.1) is 0 Å². The molecular formula is C15H23Cl2N. The predicted octanol–water partition coefficient (Wildman–Crippen LogP) is 4.63. The van der Waals surface area contributed by atoms with E-state index in [4.69, 9.17) is 11.6 Å². The molecule has 0 amide bonds. The van der Waals surface area contributed by atoms with Crippen molar-refractivity contribution in [2.75, 3.05) is 13.1 Å². The smallest absolute Gasteiger partial charge is 0.0406 e. The lowest BCUT2D eigenvalue weighted by Gasteiger charge is -2.33. The van der Waals surface area contributed by atoms with Gasteiger partial charge in [0.2, 0.25) is 0 Å². The third-order valence-electron chi connectivity index (χ3n) is 4.39. The van der Waals surface area contributed by atoms with Crippen LogP contribution in [0.4, 0.5) is 0 Å². The minimum atomic E-state index is 0. The van der Waals surface area contributed by atoms with E-state index >= 15 is 0 Å². The summed E-state index contributed by atoms with van der Waals surface area (Å²) < 4.78 is 0. The first-order chi connectivity index (χ1) is 7.80. The quantitative estimate of drug-likeness (QED) is 0.767. The number of likely N-dealkylation sites (tertiary alicyclic amines) is 1. The molecular weight excluding hydrogens is 265 g/mol. The van der Waals surface area contributed by atoms with E-state index < -0.39 is 0 Å². The molecule has 1 heterocycles. The van der Waals surface area contributed by atoms with Crippen molar-refractivity contribution in [3.05, 3.63) is 34.9 Å². The van der Waals surface area contributed by atoms with Gasteiger partial charge in [0.15, 0.2) is 0 Å². The Balaban J connectivity index is 0.00000162. The fourth-order valence-corrected chi connectivity index (χ4v) is 2.69. The van der Waals surface area contributed by atoms with Gasteiger partial charge >= 0.3 is 0 Å². The summed E-state index contributed by atoms with van der Waals surface area (Å²) >= 11 is 5.91. The Hall–Kier alpha value is -0.240. The second-order valence-electron chi connectivity index (χ2n) is 6.54. The molecule has 0 atom stereocenters. The van der Waals surface area contributed by atoms with Gasteiger partial charge in [-0.25, -0.2) is 0 Å². The lowest BCUT2D eigenvalue weighted by atomic mass is 9.71. The van der Waals surface area contributed by atoms with Gasteiger partial charge in [0, 0.05) is 24.7 Å². The van der Waals surface area contributed by atoms with Gasteiger partial charge in [-0.15, -0.1) is 12.4 Å². The van der Waals surface area contributed by atoms with Crippen molar-refractivity contribution in [3.8, 4) is 0 Å². The third-order valence-corrected chi connectivity index (χ3v) is 4.64. The van der Waals surface area contributed by atoms with E-state index in [1.165, 1.54) is 18.7 Å². The molecule has 1 aromatic rings. The number of rotatable bonds is 2. The lowest BCUT2D eigenvalue weighted by molar-refractivity contribution is 0.184. The first-order valence-electron chi connectivity index (χ1n) is 6.27. The molecule has 1 nitrogen and oxygen atoms in total. The zero-order valence-electron chi connectivity index (χ0n) is 11.7. The van der Waals surface area contributed by atoms with Crippen molar-refractivity contribution in [3.63, 3.8) is 0 Å². The van der Waals surface area contributed by atoms with Crippen LogP contribution in [0.5, 0.6) is 0 Å². The van der Waals surface area contributed by atoms with Crippen LogP contribution in [0.15, 0.2) is 24.3 Å². The highest BCUT2D eigenvalue weighted by Crippen LogP contribution is 2.45. The summed E-state index contributed by atoms with van der Waals surface area (Å²) in [7, 11) is 0. The fraction of sp³-hybridized carbons (Fsp3) is 0.600. The maximum atomic E-state index is 5.91. The van der Waals surface area contributed by atoms with Crippen molar-refractivity contribution < 1.29 is 0 Å². The van der Waals surface area contributed by atoms with Gasteiger partial charge < -0.3 is 0 Å². The molecule has 0 saturated carbocycles. The molecule has 102 valence electrons. The Kier molecular flexibility index (Phi) is 4.75. The summed E-state index contributed by atoms with van der Waals surface area (Å²) in [6.07, 6.45) is 0. The molecule has 0 aliphatic carbocycles. The van der Waals surface area contributed by atoms with E-state index in [0.29, 0.717) is 10.8 Å². The number of hydrogen-bond acceptors (Lipinski definition) is 1. The maximum Gasteiger partial charge on any atom is 0.0406 e. The molecule has 2 rings (SSSR count). The molecule has 1 fully saturated rings. The summed E-state index contributed by atoms with van der Waals surface area (Å²) in [5.74, 6) is 0. The predicted molar refractivity (Wildman–Crippen MR) is 81.5 cm³/mol. The van der Waals surface area contributed by atoms with Gasteiger partial charge in [-0.3, -0.25) is 4.90 Å². The average molecular weight is 288 g/mol. The molecule has 0 unspecified atom stereocenters. The Labute approximate surface area is 122 Å². The van der Waals surface area contributed by atoms with E-state index in [2.05, 4.69) is 44.7 Å². The molecule has 1 saturated heterocycles. The summed E-state index contributed by atoms with van der Waals surface area (Å²) in [4.78, 5) is 2.54. The SMILES string of the molecule is CC1(C)CN(Cc2ccc(Cl)cc2)CC1(C)C.Cl. The Morgan fingerprint density at radius 3 is 1.89 bits per heavy atom. The highest BCUT2D eigenvalue weighted by molar-refractivity contribution is 6.30. The van der Waals surface area contributed by atoms with Gasteiger partial charge in [-0.2, -0.15) is 0 Å². The minimum absolute atomic E-state index is 0. The highest BCUT2D eigenvalue weighted by Gasteiger charge is 2.45. The van der Waals surface area contributed by atoms with Crippen molar-refractivity contribution in [1.82, 2.24) is 4.90 Å². The Bertz CT molecular complexity index is 379. The van der Waals surface area contributed by atoms with E-state index in [1.807, 2.05) is 12.1 Å². The normalized spacial score (nSPS) is 21.6. The van der Waals surface area contributed by atoms with Crippen LogP contribution in [0.3, 0.4) is 0 Å². The summed E-state index contributed by atoms with van der Waals surface area (Å²) in [5.41, 5.74) is 2.13. The number of halogens is 2. The van der Waals surface area contributed by atoms with Crippen LogP contribution in [0.2, 0.25) is 5.02 Å². The first kappa shape index (κ1) is 15.8. The summed E-state index contributed by atoms with van der Waals surface area (Å²) in [5, 5.41) is 0.816. The molecule has 0 spiro atoms. The second-order valence-corrected chi connectivity index (χ2v) is 6.98. The van der Waals surface area contributed by atoms with E-state index in [1.54, 1.807) is 0 Å². The first-order valence-corrected chi connectivity index (χ1v) is 6.65. The van der Waals surface area contributed by atoms with Crippen molar-refractivity contribution in [2.24, 2.45) is 10.8 Å². The van der Waals surface area contributed by atoms with E-state index in [0.717, 1.165) is 11.6 Å². The molecule has 1 aliphatic heterocycles. The largest absolute Gasteiger partial charge is 0.298 e.